The lowest BCUT2D eigenvalue weighted by Crippen LogP contribution is -2.45. The van der Waals surface area contributed by atoms with E-state index in [1.165, 1.54) is 0 Å². The quantitative estimate of drug-likeness (QED) is 0.802. The SMILES string of the molecule is CN1[C@@H](CC(=O)c2ccccc2)CCC[C@H]1CC(O)c1ccccc1. The molecule has 0 bridgehead atoms. The Labute approximate surface area is 150 Å². The first-order valence-corrected chi connectivity index (χ1v) is 9.18. The Morgan fingerprint density at radius 3 is 2.32 bits per heavy atom. The Balaban J connectivity index is 1.61. The molecule has 0 radical (unpaired) electrons. The highest BCUT2D eigenvalue weighted by atomic mass is 16.3. The van der Waals surface area contributed by atoms with Crippen LogP contribution in [0.5, 0.6) is 0 Å². The smallest absolute Gasteiger partial charge is 0.164 e. The second-order valence-corrected chi connectivity index (χ2v) is 7.06. The third-order valence-corrected chi connectivity index (χ3v) is 5.42. The molecule has 0 saturated carbocycles. The number of aliphatic hydroxyl groups is 1. The predicted molar refractivity (Wildman–Crippen MR) is 101 cm³/mol. The fourth-order valence-corrected chi connectivity index (χ4v) is 3.85. The zero-order chi connectivity index (χ0) is 17.6. The van der Waals surface area contributed by atoms with Crippen LogP contribution in [0, 0.1) is 0 Å². The molecule has 1 heterocycles. The second kappa shape index (κ2) is 8.41. The van der Waals surface area contributed by atoms with E-state index in [2.05, 4.69) is 11.9 Å². The summed E-state index contributed by atoms with van der Waals surface area (Å²) in [6, 6.07) is 20.0. The molecule has 3 atom stereocenters. The third-order valence-electron chi connectivity index (χ3n) is 5.42. The number of likely N-dealkylation sites (tertiary alicyclic amines) is 1. The number of hydrogen-bond acceptors (Lipinski definition) is 3. The average Bonchev–Trinajstić information content (AvgIpc) is 2.66. The fourth-order valence-electron chi connectivity index (χ4n) is 3.85. The molecule has 132 valence electrons. The maximum absolute atomic E-state index is 12.5. The van der Waals surface area contributed by atoms with Gasteiger partial charge in [-0.25, -0.2) is 0 Å². The minimum atomic E-state index is -0.447. The van der Waals surface area contributed by atoms with Gasteiger partial charge in [0.25, 0.3) is 0 Å². The van der Waals surface area contributed by atoms with E-state index >= 15 is 0 Å². The van der Waals surface area contributed by atoms with Crippen LogP contribution in [0.25, 0.3) is 0 Å². The van der Waals surface area contributed by atoms with Crippen molar-refractivity contribution >= 4 is 5.78 Å². The van der Waals surface area contributed by atoms with Crippen LogP contribution in [-0.2, 0) is 0 Å². The molecule has 2 aromatic carbocycles. The van der Waals surface area contributed by atoms with Gasteiger partial charge in [-0.15, -0.1) is 0 Å². The molecular weight excluding hydrogens is 310 g/mol. The van der Waals surface area contributed by atoms with Gasteiger partial charge in [-0.2, -0.15) is 0 Å². The maximum Gasteiger partial charge on any atom is 0.164 e. The van der Waals surface area contributed by atoms with Gasteiger partial charge in [0.1, 0.15) is 0 Å². The highest BCUT2D eigenvalue weighted by Gasteiger charge is 2.30. The molecule has 1 fully saturated rings. The Kier molecular flexibility index (Phi) is 6.00. The van der Waals surface area contributed by atoms with Crippen molar-refractivity contribution in [3.8, 4) is 0 Å². The number of hydrogen-bond donors (Lipinski definition) is 1. The van der Waals surface area contributed by atoms with E-state index in [4.69, 9.17) is 0 Å². The summed E-state index contributed by atoms with van der Waals surface area (Å²) in [6.07, 6.45) is 4.07. The maximum atomic E-state index is 12.5. The number of nitrogens with zero attached hydrogens (tertiary/aromatic N) is 1. The van der Waals surface area contributed by atoms with Crippen molar-refractivity contribution in [2.45, 2.75) is 50.3 Å². The largest absolute Gasteiger partial charge is 0.388 e. The molecule has 2 aromatic rings. The number of benzene rings is 2. The van der Waals surface area contributed by atoms with Crippen LogP contribution in [0.15, 0.2) is 60.7 Å². The van der Waals surface area contributed by atoms with Crippen LogP contribution in [0.2, 0.25) is 0 Å². The van der Waals surface area contributed by atoms with E-state index in [9.17, 15) is 9.90 Å². The lowest BCUT2D eigenvalue weighted by atomic mass is 9.88. The summed E-state index contributed by atoms with van der Waals surface area (Å²) in [5.41, 5.74) is 1.76. The van der Waals surface area contributed by atoms with Crippen LogP contribution in [0.1, 0.15) is 54.1 Å². The van der Waals surface area contributed by atoms with Crippen molar-refractivity contribution < 1.29 is 9.90 Å². The molecule has 25 heavy (non-hydrogen) atoms. The minimum Gasteiger partial charge on any atom is -0.388 e. The topological polar surface area (TPSA) is 40.5 Å². The Morgan fingerprint density at radius 1 is 1.04 bits per heavy atom. The zero-order valence-electron chi connectivity index (χ0n) is 14.8. The summed E-state index contributed by atoms with van der Waals surface area (Å²) in [5.74, 6) is 0.210. The highest BCUT2D eigenvalue weighted by Crippen LogP contribution is 2.30. The van der Waals surface area contributed by atoms with Crippen LogP contribution < -0.4 is 0 Å². The first-order valence-electron chi connectivity index (χ1n) is 9.18. The first-order chi connectivity index (χ1) is 12.1. The van der Waals surface area contributed by atoms with E-state index in [1.54, 1.807) is 0 Å². The standard InChI is InChI=1S/C22H27NO2/c1-23-19(15-21(24)17-9-4-2-5-10-17)13-8-14-20(23)16-22(25)18-11-6-3-7-12-18/h2-7,9-12,19-21,24H,8,13-16H2,1H3/t19-,20+,21?/m0/s1. The van der Waals surface area contributed by atoms with Crippen molar-refractivity contribution in [3.63, 3.8) is 0 Å². The first kappa shape index (κ1) is 17.8. The molecule has 1 N–H and O–H groups in total. The van der Waals surface area contributed by atoms with Crippen LogP contribution in [0.3, 0.4) is 0 Å². The van der Waals surface area contributed by atoms with Gasteiger partial charge in [-0.1, -0.05) is 67.1 Å². The molecule has 1 aliphatic heterocycles. The van der Waals surface area contributed by atoms with Gasteiger partial charge in [0.2, 0.25) is 0 Å². The van der Waals surface area contributed by atoms with Gasteiger partial charge >= 0.3 is 0 Å². The Hall–Kier alpha value is -1.97. The van der Waals surface area contributed by atoms with E-state index in [-0.39, 0.29) is 11.8 Å². The summed E-state index contributed by atoms with van der Waals surface area (Å²) in [6.45, 7) is 0. The van der Waals surface area contributed by atoms with Gasteiger partial charge in [0.05, 0.1) is 6.10 Å². The van der Waals surface area contributed by atoms with E-state index in [0.29, 0.717) is 12.5 Å². The number of aliphatic hydroxyl groups excluding tert-OH is 1. The van der Waals surface area contributed by atoms with Crippen molar-refractivity contribution in [2.24, 2.45) is 0 Å². The predicted octanol–water partition coefficient (Wildman–Crippen LogP) is 4.24. The Bertz CT molecular complexity index is 671. The lowest BCUT2D eigenvalue weighted by molar-refractivity contribution is 0.0549. The zero-order valence-corrected chi connectivity index (χ0v) is 14.8. The number of ketones is 1. The van der Waals surface area contributed by atoms with Crippen molar-refractivity contribution in [1.82, 2.24) is 4.90 Å². The van der Waals surface area contributed by atoms with E-state index in [1.807, 2.05) is 60.7 Å². The third kappa shape index (κ3) is 4.56. The normalized spacial score (nSPS) is 22.5. The van der Waals surface area contributed by atoms with Crippen molar-refractivity contribution in [1.29, 1.82) is 0 Å². The molecular formula is C22H27NO2. The average molecular weight is 337 g/mol. The molecule has 1 unspecified atom stereocenters. The molecule has 1 saturated heterocycles. The van der Waals surface area contributed by atoms with Crippen LogP contribution in [-0.4, -0.2) is 34.9 Å². The number of Topliss-reactive ketones (excluding diaryl/α,β-unsaturated/α-hetero) is 1. The summed E-state index contributed by atoms with van der Waals surface area (Å²) >= 11 is 0. The molecule has 0 aromatic heterocycles. The highest BCUT2D eigenvalue weighted by molar-refractivity contribution is 5.96. The van der Waals surface area contributed by atoms with E-state index < -0.39 is 6.10 Å². The van der Waals surface area contributed by atoms with E-state index in [0.717, 1.165) is 36.8 Å². The van der Waals surface area contributed by atoms with Gasteiger partial charge < -0.3 is 5.11 Å². The van der Waals surface area contributed by atoms with Gasteiger partial charge in [-0.3, -0.25) is 9.69 Å². The second-order valence-electron chi connectivity index (χ2n) is 7.06. The Morgan fingerprint density at radius 2 is 1.64 bits per heavy atom. The van der Waals surface area contributed by atoms with Gasteiger partial charge in [-0.05, 0) is 31.9 Å². The number of piperidine rings is 1. The molecule has 0 aliphatic carbocycles. The summed E-state index contributed by atoms with van der Waals surface area (Å²) in [5, 5.41) is 10.5. The fraction of sp³-hybridized carbons (Fsp3) is 0.409. The monoisotopic (exact) mass is 337 g/mol. The van der Waals surface area contributed by atoms with Crippen molar-refractivity contribution in [3.05, 3.63) is 71.8 Å². The van der Waals surface area contributed by atoms with Crippen LogP contribution >= 0.6 is 0 Å². The number of rotatable bonds is 6. The summed E-state index contributed by atoms with van der Waals surface area (Å²) < 4.78 is 0. The minimum absolute atomic E-state index is 0.210. The van der Waals surface area contributed by atoms with Crippen LogP contribution in [0.4, 0.5) is 0 Å². The number of carbonyl (C=O) groups is 1. The van der Waals surface area contributed by atoms with Gasteiger partial charge in [0.15, 0.2) is 5.78 Å². The van der Waals surface area contributed by atoms with Gasteiger partial charge in [0, 0.05) is 24.1 Å². The molecule has 3 heteroatoms. The summed E-state index contributed by atoms with van der Waals surface area (Å²) in [7, 11) is 2.10. The lowest BCUT2D eigenvalue weighted by Gasteiger charge is -2.40. The number of carbonyl (C=O) groups excluding carboxylic acids is 1. The molecule has 1 aliphatic rings. The molecule has 0 spiro atoms. The van der Waals surface area contributed by atoms with Crippen molar-refractivity contribution in [2.75, 3.05) is 7.05 Å². The summed E-state index contributed by atoms with van der Waals surface area (Å²) in [4.78, 5) is 14.8. The molecule has 3 nitrogen and oxygen atoms in total. The molecule has 3 rings (SSSR count). The molecule has 0 amide bonds.